The molecule has 1 heterocycles. The minimum absolute atomic E-state index is 0.00583. The maximum atomic E-state index is 10.2. The highest BCUT2D eigenvalue weighted by molar-refractivity contribution is 5.73. The standard InChI is InChI=1S/C8H11N3O3/c1-4(2)6-10-7(9-3-12)5(13)8(14)11-6/h3-4,13H,1-2H3,(H2,9,10,11,12,14). The molecule has 1 aromatic rings. The molecule has 0 saturated heterocycles. The van der Waals surface area contributed by atoms with E-state index < -0.39 is 11.6 Å². The summed E-state index contributed by atoms with van der Waals surface area (Å²) in [4.78, 5) is 17.7. The molecule has 3 N–H and O–H groups in total. The lowest BCUT2D eigenvalue weighted by atomic mass is 10.2. The van der Waals surface area contributed by atoms with Gasteiger partial charge < -0.3 is 15.5 Å². The van der Waals surface area contributed by atoms with Gasteiger partial charge in [0.25, 0.3) is 5.88 Å². The summed E-state index contributed by atoms with van der Waals surface area (Å²) >= 11 is 0. The van der Waals surface area contributed by atoms with Crippen LogP contribution in [0.4, 0.5) is 5.82 Å². The van der Waals surface area contributed by atoms with Gasteiger partial charge in [-0.05, 0) is 0 Å². The minimum atomic E-state index is -0.534. The molecule has 0 saturated carbocycles. The Labute approximate surface area is 80.6 Å². The van der Waals surface area contributed by atoms with E-state index in [2.05, 4.69) is 15.3 Å². The summed E-state index contributed by atoms with van der Waals surface area (Å²) in [5.41, 5.74) is 0. The van der Waals surface area contributed by atoms with Crippen LogP contribution in [0, 0.1) is 0 Å². The number of hydrogen-bond donors (Lipinski definition) is 3. The summed E-state index contributed by atoms with van der Waals surface area (Å²) in [7, 11) is 0. The Morgan fingerprint density at radius 2 is 2.00 bits per heavy atom. The molecule has 0 spiro atoms. The van der Waals surface area contributed by atoms with E-state index in [0.29, 0.717) is 12.2 Å². The van der Waals surface area contributed by atoms with Crippen LogP contribution in [-0.2, 0) is 4.79 Å². The van der Waals surface area contributed by atoms with Crippen LogP contribution < -0.4 is 5.32 Å². The number of aromatic nitrogens is 2. The van der Waals surface area contributed by atoms with Crippen molar-refractivity contribution in [1.29, 1.82) is 0 Å². The smallest absolute Gasteiger partial charge is 0.260 e. The summed E-state index contributed by atoms with van der Waals surface area (Å²) < 4.78 is 0. The molecule has 6 nitrogen and oxygen atoms in total. The zero-order valence-corrected chi connectivity index (χ0v) is 7.85. The molecule has 0 unspecified atom stereocenters. The average Bonchev–Trinajstić information content (AvgIpc) is 2.12. The molecule has 0 bridgehead atoms. The van der Waals surface area contributed by atoms with Gasteiger partial charge in [-0.15, -0.1) is 0 Å². The minimum Gasteiger partial charge on any atom is -0.501 e. The van der Waals surface area contributed by atoms with Crippen molar-refractivity contribution in [2.24, 2.45) is 0 Å². The summed E-state index contributed by atoms with van der Waals surface area (Å²) in [6.45, 7) is 3.66. The van der Waals surface area contributed by atoms with Gasteiger partial charge in [0.2, 0.25) is 12.2 Å². The molecule has 0 aromatic carbocycles. The molecule has 0 atom stereocenters. The zero-order valence-electron chi connectivity index (χ0n) is 7.85. The predicted octanol–water partition coefficient (Wildman–Crippen LogP) is 0.580. The second kappa shape index (κ2) is 3.91. The van der Waals surface area contributed by atoms with Crippen LogP contribution in [0.2, 0.25) is 0 Å². The van der Waals surface area contributed by atoms with E-state index in [1.807, 2.05) is 13.8 Å². The number of aromatic hydroxyl groups is 2. The average molecular weight is 197 g/mol. The summed E-state index contributed by atoms with van der Waals surface area (Å²) in [6.07, 6.45) is 0.367. The number of rotatable bonds is 3. The maximum Gasteiger partial charge on any atom is 0.260 e. The van der Waals surface area contributed by atoms with Crippen LogP contribution in [-0.4, -0.2) is 26.6 Å². The Hall–Kier alpha value is -1.85. The molecule has 1 amide bonds. The van der Waals surface area contributed by atoms with Crippen molar-refractivity contribution < 1.29 is 15.0 Å². The summed E-state index contributed by atoms with van der Waals surface area (Å²) in [5.74, 6) is -0.802. The first-order valence-electron chi connectivity index (χ1n) is 4.06. The molecule has 14 heavy (non-hydrogen) atoms. The monoisotopic (exact) mass is 197 g/mol. The van der Waals surface area contributed by atoms with Gasteiger partial charge in [0.1, 0.15) is 5.82 Å². The Morgan fingerprint density at radius 3 is 2.50 bits per heavy atom. The van der Waals surface area contributed by atoms with E-state index >= 15 is 0 Å². The Bertz CT molecular complexity index is 352. The number of carbonyl (C=O) groups excluding carboxylic acids is 1. The van der Waals surface area contributed by atoms with Crippen molar-refractivity contribution in [2.45, 2.75) is 19.8 Å². The first-order chi connectivity index (χ1) is 6.56. The second-order valence-corrected chi connectivity index (χ2v) is 3.02. The number of nitrogens with zero attached hydrogens (tertiary/aromatic N) is 2. The highest BCUT2D eigenvalue weighted by Gasteiger charge is 2.13. The Morgan fingerprint density at radius 1 is 1.36 bits per heavy atom. The van der Waals surface area contributed by atoms with Crippen molar-refractivity contribution in [3.05, 3.63) is 5.82 Å². The van der Waals surface area contributed by atoms with E-state index in [4.69, 9.17) is 0 Å². The molecule has 0 aliphatic carbocycles. The van der Waals surface area contributed by atoms with Crippen molar-refractivity contribution in [2.75, 3.05) is 5.32 Å². The van der Waals surface area contributed by atoms with E-state index in [1.54, 1.807) is 0 Å². The lowest BCUT2D eigenvalue weighted by molar-refractivity contribution is -0.105. The van der Waals surface area contributed by atoms with Crippen LogP contribution in [0.3, 0.4) is 0 Å². The SMILES string of the molecule is CC(C)c1nc(O)c(O)c(NC=O)n1. The topological polar surface area (TPSA) is 95.3 Å². The van der Waals surface area contributed by atoms with Crippen molar-refractivity contribution in [3.8, 4) is 11.6 Å². The van der Waals surface area contributed by atoms with Gasteiger partial charge in [-0.1, -0.05) is 13.8 Å². The molecule has 0 fully saturated rings. The van der Waals surface area contributed by atoms with Crippen molar-refractivity contribution in [3.63, 3.8) is 0 Å². The zero-order chi connectivity index (χ0) is 10.7. The normalized spacial score (nSPS) is 10.2. The van der Waals surface area contributed by atoms with Gasteiger partial charge in [0.15, 0.2) is 5.82 Å². The predicted molar refractivity (Wildman–Crippen MR) is 49.1 cm³/mol. The maximum absolute atomic E-state index is 10.2. The quantitative estimate of drug-likeness (QED) is 0.616. The fourth-order valence-electron chi connectivity index (χ4n) is 0.875. The first kappa shape index (κ1) is 10.2. The van der Waals surface area contributed by atoms with Gasteiger partial charge in [0.05, 0.1) is 0 Å². The summed E-state index contributed by atoms with van der Waals surface area (Å²) in [5, 5.41) is 20.6. The third kappa shape index (κ3) is 1.90. The van der Waals surface area contributed by atoms with Gasteiger partial charge in [-0.3, -0.25) is 4.79 Å². The number of hydrogen-bond acceptors (Lipinski definition) is 5. The van der Waals surface area contributed by atoms with Gasteiger partial charge >= 0.3 is 0 Å². The van der Waals surface area contributed by atoms with E-state index in [1.165, 1.54) is 0 Å². The molecule has 0 aliphatic rings. The van der Waals surface area contributed by atoms with Gasteiger partial charge in [-0.25, -0.2) is 4.98 Å². The van der Waals surface area contributed by atoms with Gasteiger partial charge in [0, 0.05) is 5.92 Å². The fourth-order valence-corrected chi connectivity index (χ4v) is 0.875. The van der Waals surface area contributed by atoms with Crippen LogP contribution >= 0.6 is 0 Å². The highest BCUT2D eigenvalue weighted by Crippen LogP contribution is 2.30. The molecular formula is C8H11N3O3. The second-order valence-electron chi connectivity index (χ2n) is 3.02. The van der Waals surface area contributed by atoms with Crippen molar-refractivity contribution >= 4 is 12.2 Å². The molecular weight excluding hydrogens is 186 g/mol. The number of anilines is 1. The Kier molecular flexibility index (Phi) is 2.85. The van der Waals surface area contributed by atoms with E-state index in [9.17, 15) is 15.0 Å². The molecule has 1 aromatic heterocycles. The van der Waals surface area contributed by atoms with Gasteiger partial charge in [-0.2, -0.15) is 4.98 Å². The van der Waals surface area contributed by atoms with Crippen LogP contribution in [0.5, 0.6) is 11.6 Å². The molecule has 76 valence electrons. The number of carbonyl (C=O) groups is 1. The van der Waals surface area contributed by atoms with Crippen LogP contribution in [0.1, 0.15) is 25.6 Å². The lowest BCUT2D eigenvalue weighted by Gasteiger charge is -2.08. The summed E-state index contributed by atoms with van der Waals surface area (Å²) in [6, 6.07) is 0. The number of nitrogens with one attached hydrogen (secondary N) is 1. The largest absolute Gasteiger partial charge is 0.501 e. The lowest BCUT2D eigenvalue weighted by Crippen LogP contribution is -2.04. The number of amides is 1. The Balaban J connectivity index is 3.20. The molecule has 6 heteroatoms. The fraction of sp³-hybridized carbons (Fsp3) is 0.375. The third-order valence-corrected chi connectivity index (χ3v) is 1.59. The first-order valence-corrected chi connectivity index (χ1v) is 4.06. The van der Waals surface area contributed by atoms with E-state index in [0.717, 1.165) is 0 Å². The highest BCUT2D eigenvalue weighted by atomic mass is 16.3. The molecule has 0 radical (unpaired) electrons. The van der Waals surface area contributed by atoms with Crippen LogP contribution in [0.15, 0.2) is 0 Å². The van der Waals surface area contributed by atoms with Crippen LogP contribution in [0.25, 0.3) is 0 Å². The third-order valence-electron chi connectivity index (χ3n) is 1.59. The van der Waals surface area contributed by atoms with E-state index in [-0.39, 0.29) is 11.7 Å². The van der Waals surface area contributed by atoms with Crippen molar-refractivity contribution in [1.82, 2.24) is 9.97 Å². The molecule has 0 aliphatic heterocycles. The molecule has 1 rings (SSSR count).